The van der Waals surface area contributed by atoms with Gasteiger partial charge in [-0.1, -0.05) is 6.07 Å². The van der Waals surface area contributed by atoms with Crippen LogP contribution in [0.3, 0.4) is 0 Å². The fourth-order valence-electron chi connectivity index (χ4n) is 1.95. The van der Waals surface area contributed by atoms with Gasteiger partial charge in [0.2, 0.25) is 15.9 Å². The number of rotatable bonds is 3. The Hall–Kier alpha value is -1.93. The molecule has 0 spiro atoms. The van der Waals surface area contributed by atoms with Gasteiger partial charge in [-0.15, -0.1) is 0 Å². The smallest absolute Gasteiger partial charge is 0.308 e. The Bertz CT molecular complexity index is 640. The predicted molar refractivity (Wildman–Crippen MR) is 65.9 cm³/mol. The highest BCUT2D eigenvalue weighted by Crippen LogP contribution is 2.26. The zero-order chi connectivity index (χ0) is 14.2. The van der Waals surface area contributed by atoms with Crippen molar-refractivity contribution >= 4 is 27.6 Å². The van der Waals surface area contributed by atoms with Crippen LogP contribution < -0.4 is 10.0 Å². The Kier molecular flexibility index (Phi) is 3.29. The van der Waals surface area contributed by atoms with Gasteiger partial charge >= 0.3 is 5.97 Å². The van der Waals surface area contributed by atoms with E-state index < -0.39 is 21.9 Å². The lowest BCUT2D eigenvalue weighted by atomic mass is 10.1. The van der Waals surface area contributed by atoms with Crippen molar-refractivity contribution in [1.82, 2.24) is 0 Å². The highest BCUT2D eigenvalue weighted by molar-refractivity contribution is 7.89. The molecule has 19 heavy (non-hydrogen) atoms. The zero-order valence-corrected chi connectivity index (χ0v) is 10.6. The lowest BCUT2D eigenvalue weighted by Gasteiger charge is -2.16. The van der Waals surface area contributed by atoms with Gasteiger partial charge in [-0.05, 0) is 18.2 Å². The van der Waals surface area contributed by atoms with Gasteiger partial charge in [0.1, 0.15) is 0 Å². The van der Waals surface area contributed by atoms with Crippen molar-refractivity contribution in [2.45, 2.75) is 11.3 Å². The van der Waals surface area contributed by atoms with Crippen LogP contribution in [-0.2, 0) is 19.6 Å². The fraction of sp³-hybridized carbons (Fsp3) is 0.273. The second kappa shape index (κ2) is 4.63. The number of primary sulfonamides is 1. The SMILES string of the molecule is NS(=O)(=O)c1cccc(N2CC(C(=O)O)CC2=O)c1. The zero-order valence-electron chi connectivity index (χ0n) is 9.81. The molecule has 1 aromatic carbocycles. The van der Waals surface area contributed by atoms with Crippen LogP contribution in [0.2, 0.25) is 0 Å². The standard InChI is InChI=1S/C11H12N2O5S/c12-19(17,18)9-3-1-2-8(5-9)13-6-7(11(15)16)4-10(13)14/h1-3,5,7H,4,6H2,(H,15,16)(H2,12,17,18). The molecular weight excluding hydrogens is 272 g/mol. The molecule has 0 aliphatic carbocycles. The maximum absolute atomic E-state index is 11.7. The van der Waals surface area contributed by atoms with Gasteiger partial charge in [-0.2, -0.15) is 0 Å². The van der Waals surface area contributed by atoms with Gasteiger partial charge < -0.3 is 10.0 Å². The first-order valence-electron chi connectivity index (χ1n) is 5.45. The average molecular weight is 284 g/mol. The number of nitrogens with zero attached hydrogens (tertiary/aromatic N) is 1. The lowest BCUT2D eigenvalue weighted by molar-refractivity contribution is -0.141. The molecule has 1 atom stereocenters. The molecule has 2 rings (SSSR count). The molecule has 1 heterocycles. The van der Waals surface area contributed by atoms with Gasteiger partial charge in [-0.3, -0.25) is 9.59 Å². The van der Waals surface area contributed by atoms with Crippen LogP contribution in [0.15, 0.2) is 29.2 Å². The monoisotopic (exact) mass is 284 g/mol. The third-order valence-corrected chi connectivity index (χ3v) is 3.84. The molecule has 1 saturated heterocycles. The Morgan fingerprint density at radius 3 is 2.63 bits per heavy atom. The average Bonchev–Trinajstić information content (AvgIpc) is 2.71. The third kappa shape index (κ3) is 2.74. The summed E-state index contributed by atoms with van der Waals surface area (Å²) < 4.78 is 22.5. The Labute approximate surface area is 109 Å². The maximum Gasteiger partial charge on any atom is 0.308 e. The first-order valence-corrected chi connectivity index (χ1v) is 6.99. The number of carbonyl (C=O) groups excluding carboxylic acids is 1. The van der Waals surface area contributed by atoms with E-state index in [0.717, 1.165) is 0 Å². The molecule has 1 fully saturated rings. The number of carboxylic acid groups (broad SMARTS) is 1. The van der Waals surface area contributed by atoms with E-state index >= 15 is 0 Å². The lowest BCUT2D eigenvalue weighted by Crippen LogP contribution is -2.26. The molecule has 1 unspecified atom stereocenters. The number of benzene rings is 1. The molecule has 0 saturated carbocycles. The molecule has 102 valence electrons. The van der Waals surface area contributed by atoms with Crippen LogP contribution in [0, 0.1) is 5.92 Å². The van der Waals surface area contributed by atoms with Crippen molar-refractivity contribution in [1.29, 1.82) is 0 Å². The normalized spacial score (nSPS) is 19.7. The summed E-state index contributed by atoms with van der Waals surface area (Å²) in [6, 6.07) is 5.57. The van der Waals surface area contributed by atoms with E-state index in [1.807, 2.05) is 0 Å². The molecule has 1 amide bonds. The van der Waals surface area contributed by atoms with E-state index in [0.29, 0.717) is 5.69 Å². The topological polar surface area (TPSA) is 118 Å². The second-order valence-electron chi connectivity index (χ2n) is 4.29. The second-order valence-corrected chi connectivity index (χ2v) is 5.85. The quantitative estimate of drug-likeness (QED) is 0.795. The van der Waals surface area contributed by atoms with E-state index in [4.69, 9.17) is 10.2 Å². The van der Waals surface area contributed by atoms with Gasteiger partial charge in [0, 0.05) is 18.7 Å². The summed E-state index contributed by atoms with van der Waals surface area (Å²) in [7, 11) is -3.86. The highest BCUT2D eigenvalue weighted by Gasteiger charge is 2.35. The van der Waals surface area contributed by atoms with Crippen LogP contribution in [0.4, 0.5) is 5.69 Å². The van der Waals surface area contributed by atoms with Crippen LogP contribution in [-0.4, -0.2) is 31.9 Å². The van der Waals surface area contributed by atoms with Crippen LogP contribution in [0.5, 0.6) is 0 Å². The molecule has 0 aromatic heterocycles. The van der Waals surface area contributed by atoms with Gasteiger partial charge in [-0.25, -0.2) is 13.6 Å². The van der Waals surface area contributed by atoms with Crippen molar-refractivity contribution in [3.8, 4) is 0 Å². The number of carboxylic acids is 1. The number of hydrogen-bond acceptors (Lipinski definition) is 4. The number of anilines is 1. The van der Waals surface area contributed by atoms with Crippen LogP contribution in [0.1, 0.15) is 6.42 Å². The molecule has 8 heteroatoms. The largest absolute Gasteiger partial charge is 0.481 e. The summed E-state index contributed by atoms with van der Waals surface area (Å²) in [6.45, 7) is 0.0300. The van der Waals surface area contributed by atoms with Crippen molar-refractivity contribution in [3.05, 3.63) is 24.3 Å². The van der Waals surface area contributed by atoms with Crippen molar-refractivity contribution < 1.29 is 23.1 Å². The Morgan fingerprint density at radius 2 is 2.11 bits per heavy atom. The molecule has 0 bridgehead atoms. The summed E-state index contributed by atoms with van der Waals surface area (Å²) >= 11 is 0. The minimum atomic E-state index is -3.86. The van der Waals surface area contributed by atoms with E-state index in [2.05, 4.69) is 0 Å². The molecular formula is C11H12N2O5S. The predicted octanol–water partition coefficient (Wildman–Crippen LogP) is -0.229. The molecule has 1 aliphatic rings. The van der Waals surface area contributed by atoms with E-state index in [1.165, 1.54) is 29.2 Å². The third-order valence-electron chi connectivity index (χ3n) is 2.93. The first kappa shape index (κ1) is 13.5. The number of aliphatic carboxylic acids is 1. The minimum Gasteiger partial charge on any atom is -0.481 e. The van der Waals surface area contributed by atoms with Crippen LogP contribution >= 0.6 is 0 Å². The minimum absolute atomic E-state index is 0.0300. The maximum atomic E-state index is 11.7. The summed E-state index contributed by atoms with van der Waals surface area (Å²) in [5.41, 5.74) is 0.334. The van der Waals surface area contributed by atoms with Gasteiger partial charge in [0.05, 0.1) is 10.8 Å². The summed E-state index contributed by atoms with van der Waals surface area (Å²) in [5.74, 6) is -2.16. The molecule has 1 aromatic rings. The first-order chi connectivity index (χ1) is 8.79. The summed E-state index contributed by atoms with van der Waals surface area (Å²) in [4.78, 5) is 23.7. The van der Waals surface area contributed by atoms with E-state index in [9.17, 15) is 18.0 Å². The molecule has 3 N–H and O–H groups in total. The molecule has 0 radical (unpaired) electrons. The molecule has 1 aliphatic heterocycles. The number of hydrogen-bond donors (Lipinski definition) is 2. The number of nitrogens with two attached hydrogens (primary N) is 1. The molecule has 7 nitrogen and oxygen atoms in total. The summed E-state index contributed by atoms with van der Waals surface area (Å²) in [6.07, 6.45) is -0.0884. The van der Waals surface area contributed by atoms with E-state index in [1.54, 1.807) is 0 Å². The van der Waals surface area contributed by atoms with Gasteiger partial charge in [0.15, 0.2) is 0 Å². The van der Waals surface area contributed by atoms with E-state index in [-0.39, 0.29) is 23.8 Å². The Balaban J connectivity index is 2.33. The Morgan fingerprint density at radius 1 is 1.42 bits per heavy atom. The fourth-order valence-corrected chi connectivity index (χ4v) is 2.50. The van der Waals surface area contributed by atoms with Crippen molar-refractivity contribution in [3.63, 3.8) is 0 Å². The van der Waals surface area contributed by atoms with Crippen molar-refractivity contribution in [2.24, 2.45) is 11.1 Å². The number of carbonyl (C=O) groups is 2. The van der Waals surface area contributed by atoms with Crippen LogP contribution in [0.25, 0.3) is 0 Å². The number of sulfonamides is 1. The summed E-state index contributed by atoms with van der Waals surface area (Å²) in [5, 5.41) is 13.9. The van der Waals surface area contributed by atoms with Crippen molar-refractivity contribution in [2.75, 3.05) is 11.4 Å². The highest BCUT2D eigenvalue weighted by atomic mass is 32.2. The number of amides is 1. The van der Waals surface area contributed by atoms with Gasteiger partial charge in [0.25, 0.3) is 0 Å².